The van der Waals surface area contributed by atoms with Crippen molar-refractivity contribution in [2.45, 2.75) is 53.0 Å². The zero-order chi connectivity index (χ0) is 13.3. The molecule has 0 spiro atoms. The van der Waals surface area contributed by atoms with Crippen molar-refractivity contribution in [2.24, 2.45) is 11.3 Å². The van der Waals surface area contributed by atoms with E-state index in [1.807, 2.05) is 6.08 Å². The summed E-state index contributed by atoms with van der Waals surface area (Å²) in [6, 6.07) is 0. The van der Waals surface area contributed by atoms with Gasteiger partial charge in [-0.25, -0.2) is 0 Å². The Morgan fingerprint density at radius 3 is 2.35 bits per heavy atom. The summed E-state index contributed by atoms with van der Waals surface area (Å²) in [5.41, 5.74) is 0.167. The lowest BCUT2D eigenvalue weighted by Gasteiger charge is -2.33. The lowest BCUT2D eigenvalue weighted by Crippen LogP contribution is -2.39. The SMILES string of the molecule is CC(=O)OC1(O[SiH](C)C)C=CC(C(C)(C)C)C1. The van der Waals surface area contributed by atoms with Crippen LogP contribution in [-0.4, -0.2) is 20.8 Å². The van der Waals surface area contributed by atoms with Crippen molar-refractivity contribution in [3.8, 4) is 0 Å². The molecule has 2 unspecified atom stereocenters. The smallest absolute Gasteiger partial charge is 0.305 e. The van der Waals surface area contributed by atoms with Crippen molar-refractivity contribution in [2.75, 3.05) is 0 Å². The van der Waals surface area contributed by atoms with Gasteiger partial charge in [-0.15, -0.1) is 0 Å². The van der Waals surface area contributed by atoms with E-state index in [2.05, 4.69) is 39.9 Å². The van der Waals surface area contributed by atoms with Crippen LogP contribution in [0.4, 0.5) is 0 Å². The number of allylic oxidation sites excluding steroid dienone is 1. The van der Waals surface area contributed by atoms with Crippen LogP contribution in [0.5, 0.6) is 0 Å². The fourth-order valence-corrected chi connectivity index (χ4v) is 3.15. The first kappa shape index (κ1) is 14.4. The molecule has 1 rings (SSSR count). The highest BCUT2D eigenvalue weighted by Crippen LogP contribution is 2.41. The highest BCUT2D eigenvalue weighted by Gasteiger charge is 2.42. The number of rotatable bonds is 3. The van der Waals surface area contributed by atoms with E-state index >= 15 is 0 Å². The van der Waals surface area contributed by atoms with Gasteiger partial charge in [-0.3, -0.25) is 4.79 Å². The Morgan fingerprint density at radius 2 is 2.00 bits per heavy atom. The number of carbonyl (C=O) groups excluding carboxylic acids is 1. The Kier molecular flexibility index (Phi) is 4.20. The summed E-state index contributed by atoms with van der Waals surface area (Å²) in [4.78, 5) is 11.2. The van der Waals surface area contributed by atoms with E-state index in [1.165, 1.54) is 6.92 Å². The third-order valence-corrected chi connectivity index (χ3v) is 3.82. The largest absolute Gasteiger partial charge is 0.430 e. The Labute approximate surface area is 106 Å². The average Bonchev–Trinajstić information content (AvgIpc) is 2.44. The Balaban J connectivity index is 2.83. The molecular formula is C13H24O3Si. The van der Waals surface area contributed by atoms with Crippen molar-refractivity contribution in [3.63, 3.8) is 0 Å². The molecule has 0 amide bonds. The summed E-state index contributed by atoms with van der Waals surface area (Å²) in [6.45, 7) is 12.2. The minimum absolute atomic E-state index is 0.167. The maximum absolute atomic E-state index is 11.2. The third kappa shape index (κ3) is 3.96. The number of hydrogen-bond donors (Lipinski definition) is 0. The molecular weight excluding hydrogens is 232 g/mol. The molecule has 0 saturated heterocycles. The van der Waals surface area contributed by atoms with Crippen molar-refractivity contribution >= 4 is 15.0 Å². The summed E-state index contributed by atoms with van der Waals surface area (Å²) in [5, 5.41) is 0. The first-order valence-corrected chi connectivity index (χ1v) is 8.99. The van der Waals surface area contributed by atoms with Gasteiger partial charge in [0.25, 0.3) is 0 Å². The minimum Gasteiger partial charge on any atom is -0.430 e. The summed E-state index contributed by atoms with van der Waals surface area (Å²) in [5.74, 6) is -0.696. The molecule has 1 aliphatic rings. The van der Waals surface area contributed by atoms with Gasteiger partial charge in [0, 0.05) is 13.3 Å². The Bertz CT molecular complexity index is 317. The average molecular weight is 256 g/mol. The van der Waals surface area contributed by atoms with E-state index in [4.69, 9.17) is 9.16 Å². The van der Waals surface area contributed by atoms with E-state index in [0.717, 1.165) is 6.42 Å². The van der Waals surface area contributed by atoms with Crippen LogP contribution in [0.15, 0.2) is 12.2 Å². The van der Waals surface area contributed by atoms with Gasteiger partial charge in [-0.1, -0.05) is 26.8 Å². The van der Waals surface area contributed by atoms with Gasteiger partial charge >= 0.3 is 5.97 Å². The lowest BCUT2D eigenvalue weighted by atomic mass is 9.80. The molecule has 0 heterocycles. The van der Waals surface area contributed by atoms with Crippen LogP contribution in [0.25, 0.3) is 0 Å². The van der Waals surface area contributed by atoms with Crippen LogP contribution in [0.1, 0.15) is 34.1 Å². The summed E-state index contributed by atoms with van der Waals surface area (Å²) >= 11 is 0. The first-order chi connectivity index (χ1) is 7.65. The van der Waals surface area contributed by atoms with Gasteiger partial charge in [0.1, 0.15) is 0 Å². The summed E-state index contributed by atoms with van der Waals surface area (Å²) in [6.07, 6.45) is 4.79. The topological polar surface area (TPSA) is 35.5 Å². The number of ether oxygens (including phenoxy) is 1. The zero-order valence-corrected chi connectivity index (χ0v) is 12.9. The van der Waals surface area contributed by atoms with E-state index in [0.29, 0.717) is 5.92 Å². The van der Waals surface area contributed by atoms with E-state index < -0.39 is 14.8 Å². The fourth-order valence-electron chi connectivity index (χ4n) is 2.13. The van der Waals surface area contributed by atoms with Crippen molar-refractivity contribution in [1.29, 1.82) is 0 Å². The normalized spacial score (nSPS) is 28.8. The predicted octanol–water partition coefficient (Wildman–Crippen LogP) is 2.87. The molecule has 98 valence electrons. The van der Waals surface area contributed by atoms with Gasteiger partial charge in [-0.05, 0) is 30.5 Å². The molecule has 0 bridgehead atoms. The second kappa shape index (κ2) is 4.94. The molecule has 0 radical (unpaired) electrons. The van der Waals surface area contributed by atoms with E-state index in [-0.39, 0.29) is 11.4 Å². The maximum atomic E-state index is 11.2. The molecule has 0 aromatic rings. The van der Waals surface area contributed by atoms with Gasteiger partial charge in [-0.2, -0.15) is 0 Å². The van der Waals surface area contributed by atoms with E-state index in [9.17, 15) is 4.79 Å². The predicted molar refractivity (Wildman–Crippen MR) is 71.2 cm³/mol. The van der Waals surface area contributed by atoms with E-state index in [1.54, 1.807) is 0 Å². The molecule has 0 N–H and O–H groups in total. The zero-order valence-electron chi connectivity index (χ0n) is 11.7. The molecule has 0 aromatic heterocycles. The first-order valence-electron chi connectivity index (χ1n) is 6.21. The molecule has 2 atom stereocenters. The molecule has 3 nitrogen and oxygen atoms in total. The molecule has 0 aliphatic heterocycles. The highest BCUT2D eigenvalue weighted by atomic mass is 28.3. The second-order valence-electron chi connectivity index (χ2n) is 6.11. The molecule has 0 fully saturated rings. The van der Waals surface area contributed by atoms with Gasteiger partial charge in [0.05, 0.1) is 0 Å². The number of carbonyl (C=O) groups is 1. The van der Waals surface area contributed by atoms with Gasteiger partial charge < -0.3 is 9.16 Å². The van der Waals surface area contributed by atoms with Crippen LogP contribution in [0.2, 0.25) is 13.1 Å². The third-order valence-electron chi connectivity index (χ3n) is 2.95. The molecule has 4 heteroatoms. The number of esters is 1. The Morgan fingerprint density at radius 1 is 1.41 bits per heavy atom. The molecule has 17 heavy (non-hydrogen) atoms. The van der Waals surface area contributed by atoms with Crippen LogP contribution < -0.4 is 0 Å². The summed E-state index contributed by atoms with van der Waals surface area (Å²) in [7, 11) is -1.26. The monoisotopic (exact) mass is 256 g/mol. The number of hydrogen-bond acceptors (Lipinski definition) is 3. The summed E-state index contributed by atoms with van der Waals surface area (Å²) < 4.78 is 11.4. The van der Waals surface area contributed by atoms with Crippen molar-refractivity contribution in [3.05, 3.63) is 12.2 Å². The highest BCUT2D eigenvalue weighted by molar-refractivity contribution is 6.48. The molecule has 0 aromatic carbocycles. The van der Waals surface area contributed by atoms with Crippen LogP contribution >= 0.6 is 0 Å². The van der Waals surface area contributed by atoms with Crippen molar-refractivity contribution < 1.29 is 14.0 Å². The van der Waals surface area contributed by atoms with Crippen LogP contribution in [0, 0.1) is 11.3 Å². The van der Waals surface area contributed by atoms with Gasteiger partial charge in [0.15, 0.2) is 9.04 Å². The van der Waals surface area contributed by atoms with Crippen LogP contribution in [-0.2, 0) is 14.0 Å². The lowest BCUT2D eigenvalue weighted by molar-refractivity contribution is -0.183. The minimum atomic E-state index is -1.26. The maximum Gasteiger partial charge on any atom is 0.305 e. The fraction of sp³-hybridized carbons (Fsp3) is 0.769. The van der Waals surface area contributed by atoms with Crippen LogP contribution in [0.3, 0.4) is 0 Å². The Hall–Kier alpha value is -0.613. The van der Waals surface area contributed by atoms with Gasteiger partial charge in [0.2, 0.25) is 5.79 Å². The standard InChI is InChI=1S/C13H24O3Si/c1-10(14)15-13(16-17(5)6)8-7-11(9-13)12(2,3)4/h7-8,11,17H,9H2,1-6H3. The quantitative estimate of drug-likeness (QED) is 0.337. The molecule has 0 saturated carbocycles. The molecule has 1 aliphatic carbocycles. The second-order valence-corrected chi connectivity index (χ2v) is 8.44. The van der Waals surface area contributed by atoms with Crippen molar-refractivity contribution in [1.82, 2.24) is 0 Å².